The van der Waals surface area contributed by atoms with Crippen molar-refractivity contribution >= 4 is 27.3 Å². The molecule has 2 heteroatoms. The Bertz CT molecular complexity index is 886. The number of aliphatic hydroxyl groups excluding tert-OH is 1. The van der Waals surface area contributed by atoms with E-state index in [2.05, 4.69) is 72.8 Å². The fourth-order valence-corrected chi connectivity index (χ4v) is 9.39. The normalized spacial score (nSPS) is 12.7. The molecular formula is C28H33OSe. The Balaban J connectivity index is 1.31. The van der Waals surface area contributed by atoms with Gasteiger partial charge in [0.15, 0.2) is 0 Å². The summed E-state index contributed by atoms with van der Waals surface area (Å²) < 4.78 is 4.65. The third kappa shape index (κ3) is 5.06. The van der Waals surface area contributed by atoms with Gasteiger partial charge in [-0.15, -0.1) is 0 Å². The molecule has 0 bridgehead atoms. The third-order valence-corrected chi connectivity index (χ3v) is 10.9. The summed E-state index contributed by atoms with van der Waals surface area (Å²) in [6.07, 6.45) is 11.3. The topological polar surface area (TPSA) is 20.2 Å². The average Bonchev–Trinajstić information content (AvgIpc) is 3.13. The zero-order valence-electron chi connectivity index (χ0n) is 17.9. The van der Waals surface area contributed by atoms with Crippen LogP contribution in [0.5, 0.6) is 0 Å². The standard InChI is InChI=1S/C28H33OSe/c29-22-12-6-4-2-1-3-5-7-13-23-18-20-24(21-19-23)30-27-16-10-8-14-25(27)26-15-9-11-17-28(26)30/h8-11,14-21,29H,1-7,12-13,22H2. The molecule has 3 aromatic rings. The predicted molar refractivity (Wildman–Crippen MR) is 131 cm³/mol. The number of hydrogen-bond acceptors (Lipinski definition) is 1. The van der Waals surface area contributed by atoms with Gasteiger partial charge in [0.05, 0.1) is 0 Å². The van der Waals surface area contributed by atoms with Crippen LogP contribution in [0.15, 0.2) is 72.8 Å². The second-order valence-corrected chi connectivity index (χ2v) is 12.4. The molecule has 1 radical (unpaired) electrons. The molecule has 0 aromatic heterocycles. The van der Waals surface area contributed by atoms with Crippen molar-refractivity contribution < 1.29 is 5.11 Å². The van der Waals surface area contributed by atoms with Gasteiger partial charge in [0, 0.05) is 6.61 Å². The Morgan fingerprint density at radius 1 is 0.533 bits per heavy atom. The van der Waals surface area contributed by atoms with Crippen LogP contribution < -0.4 is 13.4 Å². The molecule has 0 saturated heterocycles. The van der Waals surface area contributed by atoms with Gasteiger partial charge in [-0.1, -0.05) is 0 Å². The van der Waals surface area contributed by atoms with E-state index in [9.17, 15) is 0 Å². The van der Waals surface area contributed by atoms with Crippen LogP contribution in [-0.2, 0) is 6.42 Å². The summed E-state index contributed by atoms with van der Waals surface area (Å²) in [5, 5.41) is 8.81. The van der Waals surface area contributed by atoms with Crippen molar-refractivity contribution in [2.24, 2.45) is 0 Å². The van der Waals surface area contributed by atoms with Gasteiger partial charge in [0.2, 0.25) is 0 Å². The Labute approximate surface area is 186 Å². The van der Waals surface area contributed by atoms with Crippen LogP contribution in [0.1, 0.15) is 56.9 Å². The molecule has 0 unspecified atom stereocenters. The van der Waals surface area contributed by atoms with Crippen LogP contribution in [-0.4, -0.2) is 25.6 Å². The van der Waals surface area contributed by atoms with E-state index >= 15 is 0 Å². The molecule has 0 saturated carbocycles. The summed E-state index contributed by atoms with van der Waals surface area (Å²) in [5.41, 5.74) is 4.37. The summed E-state index contributed by atoms with van der Waals surface area (Å²) in [6.45, 7) is 0.348. The van der Waals surface area contributed by atoms with Crippen molar-refractivity contribution in [2.75, 3.05) is 6.61 Å². The van der Waals surface area contributed by atoms with Crippen LogP contribution in [0.25, 0.3) is 11.1 Å². The van der Waals surface area contributed by atoms with Crippen molar-refractivity contribution in [1.29, 1.82) is 0 Å². The molecule has 1 aliphatic heterocycles. The van der Waals surface area contributed by atoms with Gasteiger partial charge in [-0.05, 0) is 6.42 Å². The van der Waals surface area contributed by atoms with E-state index in [1.165, 1.54) is 72.5 Å². The first kappa shape index (κ1) is 21.4. The molecule has 1 nitrogen and oxygen atoms in total. The average molecular weight is 465 g/mol. The van der Waals surface area contributed by atoms with Gasteiger partial charge in [-0.25, -0.2) is 0 Å². The van der Waals surface area contributed by atoms with Crippen molar-refractivity contribution in [3.8, 4) is 11.1 Å². The first-order valence-electron chi connectivity index (χ1n) is 11.5. The number of aryl methyl sites for hydroxylation is 1. The predicted octanol–water partition coefficient (Wildman–Crippen LogP) is 4.84. The first-order valence-corrected chi connectivity index (χ1v) is 14.1. The molecule has 30 heavy (non-hydrogen) atoms. The van der Waals surface area contributed by atoms with Gasteiger partial charge in [-0.2, -0.15) is 0 Å². The minimum absolute atomic E-state index is 0.348. The van der Waals surface area contributed by atoms with Gasteiger partial charge in [0.1, 0.15) is 0 Å². The zero-order chi connectivity index (χ0) is 20.6. The third-order valence-electron chi connectivity index (χ3n) is 6.04. The van der Waals surface area contributed by atoms with E-state index < -0.39 is 13.9 Å². The van der Waals surface area contributed by atoms with E-state index in [4.69, 9.17) is 5.11 Å². The summed E-state index contributed by atoms with van der Waals surface area (Å²) in [4.78, 5) is 0. The van der Waals surface area contributed by atoms with E-state index in [0.29, 0.717) is 6.61 Å². The Morgan fingerprint density at radius 3 is 1.60 bits per heavy atom. The fraction of sp³-hybridized carbons (Fsp3) is 0.357. The maximum atomic E-state index is 8.81. The molecule has 4 rings (SSSR count). The van der Waals surface area contributed by atoms with E-state index in [0.717, 1.165) is 6.42 Å². The Kier molecular flexibility index (Phi) is 7.81. The first-order chi connectivity index (χ1) is 14.9. The summed E-state index contributed by atoms with van der Waals surface area (Å²) in [5.74, 6) is 0. The molecule has 157 valence electrons. The van der Waals surface area contributed by atoms with Gasteiger partial charge in [0.25, 0.3) is 0 Å². The van der Waals surface area contributed by atoms with E-state index in [1.807, 2.05) is 0 Å². The second-order valence-electron chi connectivity index (χ2n) is 8.24. The van der Waals surface area contributed by atoms with Crippen molar-refractivity contribution in [3.63, 3.8) is 0 Å². The summed E-state index contributed by atoms with van der Waals surface area (Å²) in [6, 6.07) is 27.6. The minimum atomic E-state index is -1.16. The Morgan fingerprint density at radius 2 is 1.03 bits per heavy atom. The molecular weight excluding hydrogens is 431 g/mol. The molecule has 1 heterocycles. The van der Waals surface area contributed by atoms with Gasteiger partial charge >= 0.3 is 168 Å². The number of fused-ring (bicyclic) bond motifs is 3. The van der Waals surface area contributed by atoms with Crippen LogP contribution in [0.4, 0.5) is 0 Å². The maximum absolute atomic E-state index is 8.81. The monoisotopic (exact) mass is 465 g/mol. The van der Waals surface area contributed by atoms with Gasteiger partial charge < -0.3 is 5.11 Å². The number of hydrogen-bond donors (Lipinski definition) is 1. The van der Waals surface area contributed by atoms with Crippen LogP contribution in [0.3, 0.4) is 0 Å². The molecule has 0 atom stereocenters. The molecule has 1 aliphatic rings. The van der Waals surface area contributed by atoms with Crippen LogP contribution >= 0.6 is 0 Å². The van der Waals surface area contributed by atoms with Crippen LogP contribution in [0.2, 0.25) is 0 Å². The SMILES string of the molecule is OCCCCCCCCCCc1ccc([Se]2c3ccccc3-c3ccccc32)cc1. The fourth-order valence-electron chi connectivity index (χ4n) is 4.40. The van der Waals surface area contributed by atoms with Crippen molar-refractivity contribution in [3.05, 3.63) is 78.4 Å². The van der Waals surface area contributed by atoms with E-state index in [-0.39, 0.29) is 0 Å². The summed E-state index contributed by atoms with van der Waals surface area (Å²) >= 11 is -1.16. The summed E-state index contributed by atoms with van der Waals surface area (Å²) in [7, 11) is 0. The number of aliphatic hydroxyl groups is 1. The molecule has 3 aromatic carbocycles. The number of rotatable bonds is 11. The van der Waals surface area contributed by atoms with Crippen molar-refractivity contribution in [1.82, 2.24) is 0 Å². The number of unbranched alkanes of at least 4 members (excludes halogenated alkanes) is 7. The number of benzene rings is 3. The van der Waals surface area contributed by atoms with Gasteiger partial charge in [-0.3, -0.25) is 0 Å². The second kappa shape index (κ2) is 11.0. The quantitative estimate of drug-likeness (QED) is 0.249. The molecule has 1 N–H and O–H groups in total. The molecule has 0 spiro atoms. The van der Waals surface area contributed by atoms with Crippen molar-refractivity contribution in [2.45, 2.75) is 57.8 Å². The Hall–Kier alpha value is -1.86. The molecule has 0 amide bonds. The molecule has 0 aliphatic carbocycles. The molecule has 0 fully saturated rings. The van der Waals surface area contributed by atoms with E-state index in [1.54, 1.807) is 8.92 Å². The zero-order valence-corrected chi connectivity index (χ0v) is 19.6. The van der Waals surface area contributed by atoms with Crippen LogP contribution in [0, 0.1) is 0 Å².